The van der Waals surface area contributed by atoms with Crippen molar-refractivity contribution in [2.45, 2.75) is 33.2 Å². The molecule has 5 nitrogen and oxygen atoms in total. The molecule has 1 rings (SSSR count). The first-order chi connectivity index (χ1) is 9.68. The van der Waals surface area contributed by atoms with E-state index in [1.165, 1.54) is 6.08 Å². The van der Waals surface area contributed by atoms with Gasteiger partial charge in [-0.05, 0) is 29.2 Å². The minimum absolute atomic E-state index is 0.136. The molecule has 21 heavy (non-hydrogen) atoms. The van der Waals surface area contributed by atoms with Crippen LogP contribution in [0.1, 0.15) is 32.8 Å². The molecule has 1 amide bonds. The van der Waals surface area contributed by atoms with E-state index in [1.54, 1.807) is 24.3 Å². The number of hydrogen-bond acceptors (Lipinski definition) is 3. The maximum Gasteiger partial charge on any atom is 0.328 e. The van der Waals surface area contributed by atoms with Gasteiger partial charge in [-0.2, -0.15) is 0 Å². The van der Waals surface area contributed by atoms with E-state index in [2.05, 4.69) is 5.32 Å². The predicted octanol–water partition coefficient (Wildman–Crippen LogP) is 2.49. The number of aliphatic carboxylic acids is 1. The van der Waals surface area contributed by atoms with Gasteiger partial charge in [0.1, 0.15) is 0 Å². The number of carbonyl (C=O) groups excluding carboxylic acids is 1. The van der Waals surface area contributed by atoms with Crippen LogP contribution in [-0.4, -0.2) is 23.0 Å². The normalized spacial score (nSPS) is 13.1. The smallest absolute Gasteiger partial charge is 0.328 e. The Morgan fingerprint density at radius 1 is 1.38 bits per heavy atom. The first-order valence-electron chi connectivity index (χ1n) is 6.75. The number of benzene rings is 1. The fraction of sp³-hybridized carbons (Fsp3) is 0.375. The molecule has 0 spiro atoms. The van der Waals surface area contributed by atoms with Crippen LogP contribution in [0.4, 0.5) is 5.69 Å². The first-order valence-corrected chi connectivity index (χ1v) is 6.75. The maximum atomic E-state index is 11.9. The van der Waals surface area contributed by atoms with Gasteiger partial charge in [0, 0.05) is 24.2 Å². The Labute approximate surface area is 124 Å². The van der Waals surface area contributed by atoms with Gasteiger partial charge < -0.3 is 16.2 Å². The van der Waals surface area contributed by atoms with Crippen LogP contribution in [0.15, 0.2) is 30.3 Å². The zero-order chi connectivity index (χ0) is 16.0. The lowest BCUT2D eigenvalue weighted by molar-refractivity contribution is -0.131. The van der Waals surface area contributed by atoms with E-state index in [0.717, 1.165) is 6.08 Å². The summed E-state index contributed by atoms with van der Waals surface area (Å²) in [6, 6.07) is 6.74. The average Bonchev–Trinajstić information content (AvgIpc) is 2.35. The van der Waals surface area contributed by atoms with Gasteiger partial charge in [0.2, 0.25) is 5.91 Å². The SMILES string of the molecule is CC(C)(C)C(N)CC(=O)Nc1cccc(/C=C/C(=O)O)c1. The summed E-state index contributed by atoms with van der Waals surface area (Å²) in [4.78, 5) is 22.4. The second-order valence-corrected chi connectivity index (χ2v) is 6.02. The van der Waals surface area contributed by atoms with Crippen molar-refractivity contribution in [2.75, 3.05) is 5.32 Å². The van der Waals surface area contributed by atoms with Gasteiger partial charge in [-0.25, -0.2) is 4.79 Å². The Morgan fingerprint density at radius 3 is 2.62 bits per heavy atom. The fourth-order valence-corrected chi connectivity index (χ4v) is 1.61. The molecule has 0 aliphatic heterocycles. The molecule has 1 aromatic carbocycles. The molecule has 0 heterocycles. The van der Waals surface area contributed by atoms with Crippen LogP contribution in [0.2, 0.25) is 0 Å². The molecule has 5 heteroatoms. The molecule has 114 valence electrons. The second kappa shape index (κ2) is 7.04. The van der Waals surface area contributed by atoms with Crippen LogP contribution in [-0.2, 0) is 9.59 Å². The van der Waals surface area contributed by atoms with Crippen molar-refractivity contribution in [3.05, 3.63) is 35.9 Å². The highest BCUT2D eigenvalue weighted by Gasteiger charge is 2.23. The van der Waals surface area contributed by atoms with Crippen molar-refractivity contribution in [3.8, 4) is 0 Å². The highest BCUT2D eigenvalue weighted by molar-refractivity contribution is 5.91. The van der Waals surface area contributed by atoms with E-state index in [0.29, 0.717) is 11.3 Å². The minimum atomic E-state index is -1.01. The lowest BCUT2D eigenvalue weighted by Gasteiger charge is -2.26. The van der Waals surface area contributed by atoms with Gasteiger partial charge in [-0.1, -0.05) is 32.9 Å². The van der Waals surface area contributed by atoms with E-state index in [9.17, 15) is 9.59 Å². The van der Waals surface area contributed by atoms with E-state index in [-0.39, 0.29) is 23.8 Å². The van der Waals surface area contributed by atoms with E-state index < -0.39 is 5.97 Å². The number of carboxylic acids is 1. The number of hydrogen-bond donors (Lipinski definition) is 3. The van der Waals surface area contributed by atoms with Crippen molar-refractivity contribution in [1.29, 1.82) is 0 Å². The molecule has 0 radical (unpaired) electrons. The lowest BCUT2D eigenvalue weighted by atomic mass is 9.85. The summed E-state index contributed by atoms with van der Waals surface area (Å²) in [5.74, 6) is -1.17. The maximum absolute atomic E-state index is 11.9. The van der Waals surface area contributed by atoms with E-state index in [1.807, 2.05) is 20.8 Å². The molecule has 0 bridgehead atoms. The zero-order valence-electron chi connectivity index (χ0n) is 12.6. The van der Waals surface area contributed by atoms with Crippen molar-refractivity contribution < 1.29 is 14.7 Å². The standard InChI is InChI=1S/C16H22N2O3/c1-16(2,3)13(17)10-14(19)18-12-6-4-5-11(9-12)7-8-15(20)21/h4-9,13H,10,17H2,1-3H3,(H,18,19)(H,20,21)/b8-7+. The third-order valence-electron chi connectivity index (χ3n) is 3.11. The highest BCUT2D eigenvalue weighted by atomic mass is 16.4. The van der Waals surface area contributed by atoms with Gasteiger partial charge in [-0.3, -0.25) is 4.79 Å². The number of rotatable bonds is 5. The van der Waals surface area contributed by atoms with Crippen LogP contribution >= 0.6 is 0 Å². The number of nitrogens with two attached hydrogens (primary N) is 1. The van der Waals surface area contributed by atoms with Crippen LogP contribution in [0.5, 0.6) is 0 Å². The Kier molecular flexibility index (Phi) is 5.67. The Morgan fingerprint density at radius 2 is 2.05 bits per heavy atom. The summed E-state index contributed by atoms with van der Waals surface area (Å²) in [6.45, 7) is 5.97. The van der Waals surface area contributed by atoms with Crippen molar-refractivity contribution in [1.82, 2.24) is 0 Å². The summed E-state index contributed by atoms with van der Waals surface area (Å²) in [6.07, 6.45) is 2.76. The Bertz CT molecular complexity index is 545. The van der Waals surface area contributed by atoms with Crippen LogP contribution in [0.25, 0.3) is 6.08 Å². The molecule has 0 saturated carbocycles. The van der Waals surface area contributed by atoms with Crippen molar-refractivity contribution in [3.63, 3.8) is 0 Å². The summed E-state index contributed by atoms with van der Waals surface area (Å²) in [5, 5.41) is 11.4. The quantitative estimate of drug-likeness (QED) is 0.726. The van der Waals surface area contributed by atoms with E-state index >= 15 is 0 Å². The third kappa shape index (κ3) is 6.23. The minimum Gasteiger partial charge on any atom is -0.478 e. The predicted molar refractivity (Wildman–Crippen MR) is 83.8 cm³/mol. The number of amides is 1. The molecule has 4 N–H and O–H groups in total. The largest absolute Gasteiger partial charge is 0.478 e. The second-order valence-electron chi connectivity index (χ2n) is 6.02. The van der Waals surface area contributed by atoms with Crippen LogP contribution in [0.3, 0.4) is 0 Å². The van der Waals surface area contributed by atoms with Crippen LogP contribution in [0, 0.1) is 5.41 Å². The summed E-state index contributed by atoms with van der Waals surface area (Å²) in [7, 11) is 0. The lowest BCUT2D eigenvalue weighted by Crippen LogP contribution is -2.38. The number of anilines is 1. The molecule has 1 atom stereocenters. The Balaban J connectivity index is 2.69. The van der Waals surface area contributed by atoms with Gasteiger partial charge in [0.05, 0.1) is 0 Å². The molecule has 0 saturated heterocycles. The molecule has 1 unspecified atom stereocenters. The average molecular weight is 290 g/mol. The van der Waals surface area contributed by atoms with Crippen molar-refractivity contribution in [2.24, 2.45) is 11.1 Å². The Hall–Kier alpha value is -2.14. The van der Waals surface area contributed by atoms with Gasteiger partial charge in [0.25, 0.3) is 0 Å². The molecule has 0 aromatic heterocycles. The highest BCUT2D eigenvalue weighted by Crippen LogP contribution is 2.20. The third-order valence-corrected chi connectivity index (χ3v) is 3.11. The van der Waals surface area contributed by atoms with Gasteiger partial charge in [-0.15, -0.1) is 0 Å². The molecular formula is C16H22N2O3. The summed E-state index contributed by atoms with van der Waals surface area (Å²) >= 11 is 0. The number of nitrogens with one attached hydrogen (secondary N) is 1. The zero-order valence-corrected chi connectivity index (χ0v) is 12.6. The van der Waals surface area contributed by atoms with E-state index in [4.69, 9.17) is 10.8 Å². The topological polar surface area (TPSA) is 92.4 Å². The molecule has 1 aromatic rings. The molecular weight excluding hydrogens is 268 g/mol. The monoisotopic (exact) mass is 290 g/mol. The fourth-order valence-electron chi connectivity index (χ4n) is 1.61. The molecule has 0 aliphatic carbocycles. The molecule has 0 fully saturated rings. The number of carbonyl (C=O) groups is 2. The van der Waals surface area contributed by atoms with Gasteiger partial charge in [0.15, 0.2) is 0 Å². The summed E-state index contributed by atoms with van der Waals surface area (Å²) in [5.41, 5.74) is 7.17. The van der Waals surface area contributed by atoms with Crippen LogP contribution < -0.4 is 11.1 Å². The molecule has 0 aliphatic rings. The summed E-state index contributed by atoms with van der Waals surface area (Å²) < 4.78 is 0. The van der Waals surface area contributed by atoms with Crippen molar-refractivity contribution >= 4 is 23.6 Å². The first kappa shape index (κ1) is 16.9. The van der Waals surface area contributed by atoms with Gasteiger partial charge >= 0.3 is 5.97 Å². The number of carboxylic acid groups (broad SMARTS) is 1.